The fourth-order valence-electron chi connectivity index (χ4n) is 4.85. The number of aliphatic hydroxyl groups excluding tert-OH is 1. The van der Waals surface area contributed by atoms with Gasteiger partial charge in [0.2, 0.25) is 5.91 Å². The summed E-state index contributed by atoms with van der Waals surface area (Å²) >= 11 is 0. The number of carbonyl (C=O) groups excluding carboxylic acids is 2. The Morgan fingerprint density at radius 2 is 1.92 bits per heavy atom. The van der Waals surface area contributed by atoms with Crippen LogP contribution in [0.3, 0.4) is 0 Å². The van der Waals surface area contributed by atoms with Gasteiger partial charge in [-0.15, -0.1) is 0 Å². The monoisotopic (exact) mass is 540 g/mol. The average Bonchev–Trinajstić information content (AvgIpc) is 3.42. The third-order valence-electron chi connectivity index (χ3n) is 7.45. The van der Waals surface area contributed by atoms with Gasteiger partial charge in [-0.05, 0) is 44.4 Å². The number of likely N-dealkylation sites (tertiary alicyclic amines) is 1. The van der Waals surface area contributed by atoms with Gasteiger partial charge in [0.25, 0.3) is 5.91 Å². The first-order valence-electron chi connectivity index (χ1n) is 13.1. The molecule has 0 aliphatic carbocycles. The van der Waals surface area contributed by atoms with Gasteiger partial charge >= 0.3 is 0 Å². The Kier molecular flexibility index (Phi) is 9.08. The standard InChI is InChI=1S/C29H34F2N4O4/c1-18(19(2)36)35-14-12-25(23(17-35)29(38)34(3)13-11-20-7-5-4-6-8-20)32-28(37)26-16-27(39-33-26)22-10-9-21(30)15-24(22)31/h4-10,15-16,18-19,23,25,36H,11-14,17H2,1-3H3,(H,32,37)/t18-,19-,23+,25+/m1/s1. The molecule has 2 heterocycles. The van der Waals surface area contributed by atoms with Gasteiger partial charge in [-0.3, -0.25) is 14.5 Å². The van der Waals surface area contributed by atoms with Crippen molar-refractivity contribution in [3.8, 4) is 11.3 Å². The topological polar surface area (TPSA) is 98.9 Å². The van der Waals surface area contributed by atoms with Crippen molar-refractivity contribution in [3.05, 3.63) is 77.5 Å². The van der Waals surface area contributed by atoms with E-state index in [4.69, 9.17) is 4.52 Å². The van der Waals surface area contributed by atoms with Crippen molar-refractivity contribution < 1.29 is 28.0 Å². The minimum Gasteiger partial charge on any atom is -0.392 e. The number of likely N-dealkylation sites (N-methyl/N-ethyl adjacent to an activating group) is 1. The lowest BCUT2D eigenvalue weighted by molar-refractivity contribution is -0.137. The lowest BCUT2D eigenvalue weighted by Crippen LogP contribution is -2.58. The number of aliphatic hydroxyl groups is 1. The molecule has 0 bridgehead atoms. The summed E-state index contributed by atoms with van der Waals surface area (Å²) < 4.78 is 32.6. The summed E-state index contributed by atoms with van der Waals surface area (Å²) in [6, 6.07) is 13.6. The third-order valence-corrected chi connectivity index (χ3v) is 7.45. The number of halogens is 2. The molecular formula is C29H34F2N4O4. The van der Waals surface area contributed by atoms with E-state index in [0.717, 1.165) is 17.7 Å². The summed E-state index contributed by atoms with van der Waals surface area (Å²) in [4.78, 5) is 30.5. The highest BCUT2D eigenvalue weighted by Gasteiger charge is 2.39. The number of rotatable bonds is 9. The van der Waals surface area contributed by atoms with Crippen molar-refractivity contribution in [2.75, 3.05) is 26.7 Å². The number of amides is 2. The number of carbonyl (C=O) groups is 2. The number of hydrogen-bond acceptors (Lipinski definition) is 6. The molecule has 2 amide bonds. The highest BCUT2D eigenvalue weighted by molar-refractivity contribution is 5.94. The number of piperidine rings is 1. The summed E-state index contributed by atoms with van der Waals surface area (Å²) in [5.41, 5.74) is 1.03. The number of nitrogens with zero attached hydrogens (tertiary/aromatic N) is 3. The Morgan fingerprint density at radius 3 is 2.62 bits per heavy atom. The second-order valence-corrected chi connectivity index (χ2v) is 10.1. The first-order valence-corrected chi connectivity index (χ1v) is 13.1. The number of hydrogen-bond donors (Lipinski definition) is 2. The van der Waals surface area contributed by atoms with Crippen molar-refractivity contribution in [1.29, 1.82) is 0 Å². The van der Waals surface area contributed by atoms with Crippen molar-refractivity contribution >= 4 is 11.8 Å². The molecule has 2 aromatic carbocycles. The van der Waals surface area contributed by atoms with Gasteiger partial charge < -0.3 is 19.8 Å². The molecule has 1 saturated heterocycles. The fourth-order valence-corrected chi connectivity index (χ4v) is 4.85. The molecule has 2 N–H and O–H groups in total. The van der Waals surface area contributed by atoms with Crippen LogP contribution in [0.15, 0.2) is 59.1 Å². The summed E-state index contributed by atoms with van der Waals surface area (Å²) in [5, 5.41) is 16.8. The Bertz CT molecular complexity index is 1280. The van der Waals surface area contributed by atoms with Crippen LogP contribution in [-0.4, -0.2) is 76.7 Å². The van der Waals surface area contributed by atoms with E-state index >= 15 is 0 Å². The Hall–Kier alpha value is -3.63. The molecule has 0 spiro atoms. The second-order valence-electron chi connectivity index (χ2n) is 10.1. The zero-order chi connectivity index (χ0) is 28.1. The van der Waals surface area contributed by atoms with Crippen LogP contribution in [0.5, 0.6) is 0 Å². The highest BCUT2D eigenvalue weighted by Crippen LogP contribution is 2.26. The number of benzene rings is 2. The van der Waals surface area contributed by atoms with E-state index in [2.05, 4.69) is 15.4 Å². The van der Waals surface area contributed by atoms with Crippen molar-refractivity contribution in [2.24, 2.45) is 5.92 Å². The molecule has 0 saturated carbocycles. The van der Waals surface area contributed by atoms with Crippen LogP contribution in [-0.2, 0) is 11.2 Å². The van der Waals surface area contributed by atoms with Gasteiger partial charge in [-0.2, -0.15) is 0 Å². The maximum absolute atomic E-state index is 14.2. The first-order chi connectivity index (χ1) is 18.6. The second kappa shape index (κ2) is 12.5. The summed E-state index contributed by atoms with van der Waals surface area (Å²) in [5.74, 6) is -2.78. The summed E-state index contributed by atoms with van der Waals surface area (Å²) in [6.45, 7) is 5.10. The van der Waals surface area contributed by atoms with Crippen LogP contribution in [0.25, 0.3) is 11.3 Å². The van der Waals surface area contributed by atoms with Crippen molar-refractivity contribution in [1.82, 2.24) is 20.3 Å². The number of nitrogens with one attached hydrogen (secondary N) is 1. The van der Waals surface area contributed by atoms with Crippen molar-refractivity contribution in [2.45, 2.75) is 44.9 Å². The zero-order valence-corrected chi connectivity index (χ0v) is 22.3. The fraction of sp³-hybridized carbons (Fsp3) is 0.414. The van der Waals surface area contributed by atoms with Gasteiger partial charge in [0.1, 0.15) is 11.6 Å². The van der Waals surface area contributed by atoms with E-state index in [0.29, 0.717) is 32.5 Å². The molecule has 1 aliphatic heterocycles. The van der Waals surface area contributed by atoms with E-state index in [9.17, 15) is 23.5 Å². The van der Waals surface area contributed by atoms with Crippen LogP contribution in [0.4, 0.5) is 8.78 Å². The molecule has 4 rings (SSSR count). The minimum absolute atomic E-state index is 0.00787. The maximum Gasteiger partial charge on any atom is 0.273 e. The van der Waals surface area contributed by atoms with Crippen molar-refractivity contribution in [3.63, 3.8) is 0 Å². The molecule has 0 unspecified atom stereocenters. The van der Waals surface area contributed by atoms with E-state index in [1.807, 2.05) is 37.3 Å². The van der Waals surface area contributed by atoms with Crippen LogP contribution in [0.2, 0.25) is 0 Å². The maximum atomic E-state index is 14.2. The van der Waals surface area contributed by atoms with Gasteiger partial charge in [0.15, 0.2) is 11.5 Å². The normalized spacial score (nSPS) is 19.3. The molecule has 8 nitrogen and oxygen atoms in total. The predicted octanol–water partition coefficient (Wildman–Crippen LogP) is 3.51. The lowest BCUT2D eigenvalue weighted by atomic mass is 9.89. The molecule has 0 radical (unpaired) electrons. The smallest absolute Gasteiger partial charge is 0.273 e. The largest absolute Gasteiger partial charge is 0.392 e. The van der Waals surface area contributed by atoms with E-state index < -0.39 is 35.6 Å². The van der Waals surface area contributed by atoms with E-state index in [-0.39, 0.29) is 29.0 Å². The molecule has 39 heavy (non-hydrogen) atoms. The zero-order valence-electron chi connectivity index (χ0n) is 22.3. The molecule has 10 heteroatoms. The van der Waals surface area contributed by atoms with Crippen LogP contribution in [0.1, 0.15) is 36.3 Å². The van der Waals surface area contributed by atoms with Gasteiger partial charge in [0.05, 0.1) is 17.6 Å². The number of aromatic nitrogens is 1. The highest BCUT2D eigenvalue weighted by atomic mass is 19.1. The predicted molar refractivity (Wildman–Crippen MR) is 142 cm³/mol. The average molecular weight is 541 g/mol. The van der Waals surface area contributed by atoms with Gasteiger partial charge in [-0.25, -0.2) is 8.78 Å². The quantitative estimate of drug-likeness (QED) is 0.431. The molecule has 4 atom stereocenters. The first kappa shape index (κ1) is 28.4. The Balaban J connectivity index is 1.48. The summed E-state index contributed by atoms with van der Waals surface area (Å²) in [7, 11) is 1.75. The Morgan fingerprint density at radius 1 is 1.18 bits per heavy atom. The Labute approximate surface area is 226 Å². The SMILES string of the molecule is C[C@H]([C@@H](C)O)N1CC[C@H](NC(=O)c2cc(-c3ccc(F)cc3F)on2)[C@@H](C(=O)N(C)CCc2ccccc2)C1. The van der Waals surface area contributed by atoms with Crippen LogP contribution in [0, 0.1) is 17.6 Å². The van der Waals surface area contributed by atoms with E-state index in [1.165, 1.54) is 12.1 Å². The molecular weight excluding hydrogens is 506 g/mol. The van der Waals surface area contributed by atoms with E-state index in [1.54, 1.807) is 18.9 Å². The van der Waals surface area contributed by atoms with Crippen LogP contribution >= 0.6 is 0 Å². The lowest BCUT2D eigenvalue weighted by Gasteiger charge is -2.42. The molecule has 208 valence electrons. The van der Waals surface area contributed by atoms with Gasteiger partial charge in [0, 0.05) is 50.9 Å². The minimum atomic E-state index is -0.832. The van der Waals surface area contributed by atoms with Crippen LogP contribution < -0.4 is 5.32 Å². The molecule has 1 fully saturated rings. The summed E-state index contributed by atoms with van der Waals surface area (Å²) in [6.07, 6.45) is 0.605. The third kappa shape index (κ3) is 6.88. The molecule has 3 aromatic rings. The molecule has 1 aromatic heterocycles. The van der Waals surface area contributed by atoms with Gasteiger partial charge in [-0.1, -0.05) is 35.5 Å². The molecule has 1 aliphatic rings.